The van der Waals surface area contributed by atoms with E-state index in [1.807, 2.05) is 28.4 Å². The van der Waals surface area contributed by atoms with Gasteiger partial charge in [0.1, 0.15) is 12.1 Å². The summed E-state index contributed by atoms with van der Waals surface area (Å²) in [6.45, 7) is 3.54. The van der Waals surface area contributed by atoms with Crippen molar-refractivity contribution in [2.75, 3.05) is 24.5 Å². The fraction of sp³-hybridized carbons (Fsp3) is 0.474. The maximum absolute atomic E-state index is 12.8. The molecule has 0 aliphatic carbocycles. The molecule has 7 nitrogen and oxygen atoms in total. The average molecular weight is 382 g/mol. The van der Waals surface area contributed by atoms with E-state index in [9.17, 15) is 4.79 Å². The molecule has 0 N–H and O–H groups in total. The SMILES string of the molecule is O=C(CC1CCN(c2ccc3nncn3n2)CC1)N1CCc2sccc2C1. The van der Waals surface area contributed by atoms with Crippen molar-refractivity contribution in [2.45, 2.75) is 32.2 Å². The molecule has 2 aliphatic heterocycles. The van der Waals surface area contributed by atoms with Crippen LogP contribution in [0.1, 0.15) is 29.7 Å². The van der Waals surface area contributed by atoms with E-state index in [1.165, 1.54) is 10.4 Å². The predicted molar refractivity (Wildman–Crippen MR) is 104 cm³/mol. The van der Waals surface area contributed by atoms with Crippen LogP contribution in [-0.4, -0.2) is 50.3 Å². The summed E-state index contributed by atoms with van der Waals surface area (Å²) in [5.41, 5.74) is 2.10. The highest BCUT2D eigenvalue weighted by Crippen LogP contribution is 2.28. The molecular weight excluding hydrogens is 360 g/mol. The second kappa shape index (κ2) is 6.92. The van der Waals surface area contributed by atoms with Crippen molar-refractivity contribution in [3.05, 3.63) is 40.3 Å². The molecule has 3 aromatic rings. The van der Waals surface area contributed by atoms with Crippen LogP contribution in [0.5, 0.6) is 0 Å². The molecular formula is C19H22N6OS. The standard InChI is InChI=1S/C19H22N6OS/c26-19(24-9-5-16-15(12-24)6-10-27-16)11-14-3-7-23(8-4-14)18-2-1-17-21-20-13-25(17)22-18/h1-2,6,10,13-14H,3-5,7-9,11-12H2. The number of piperidine rings is 1. The molecule has 140 valence electrons. The number of anilines is 1. The molecule has 0 bridgehead atoms. The smallest absolute Gasteiger partial charge is 0.223 e. The molecule has 0 aromatic carbocycles. The Bertz CT molecular complexity index is 958. The molecule has 3 aromatic heterocycles. The Labute approximate surface area is 161 Å². The molecule has 0 unspecified atom stereocenters. The summed E-state index contributed by atoms with van der Waals surface area (Å²) in [5, 5.41) is 14.6. The number of aromatic nitrogens is 4. The number of rotatable bonds is 3. The number of fused-ring (bicyclic) bond motifs is 2. The first kappa shape index (κ1) is 16.7. The van der Waals surface area contributed by atoms with Gasteiger partial charge < -0.3 is 9.80 Å². The molecule has 0 saturated carbocycles. The van der Waals surface area contributed by atoms with Gasteiger partial charge in [0, 0.05) is 37.5 Å². The maximum atomic E-state index is 12.8. The zero-order chi connectivity index (χ0) is 18.2. The van der Waals surface area contributed by atoms with Gasteiger partial charge in [0.2, 0.25) is 5.91 Å². The van der Waals surface area contributed by atoms with Crippen molar-refractivity contribution in [1.82, 2.24) is 24.7 Å². The number of carbonyl (C=O) groups excluding carboxylic acids is 1. The summed E-state index contributed by atoms with van der Waals surface area (Å²) in [6, 6.07) is 6.11. The van der Waals surface area contributed by atoms with Gasteiger partial charge in [0.15, 0.2) is 5.65 Å². The number of carbonyl (C=O) groups is 1. The highest BCUT2D eigenvalue weighted by Gasteiger charge is 2.27. The summed E-state index contributed by atoms with van der Waals surface area (Å²) < 4.78 is 1.71. The first-order chi connectivity index (χ1) is 13.3. The van der Waals surface area contributed by atoms with Gasteiger partial charge in [-0.2, -0.15) is 4.52 Å². The number of amides is 1. The molecule has 0 spiro atoms. The van der Waals surface area contributed by atoms with E-state index in [-0.39, 0.29) is 0 Å². The Morgan fingerprint density at radius 3 is 2.96 bits per heavy atom. The van der Waals surface area contributed by atoms with Gasteiger partial charge in [-0.1, -0.05) is 0 Å². The van der Waals surface area contributed by atoms with Gasteiger partial charge in [-0.3, -0.25) is 4.79 Å². The van der Waals surface area contributed by atoms with Crippen molar-refractivity contribution in [3.8, 4) is 0 Å². The van der Waals surface area contributed by atoms with Gasteiger partial charge in [-0.25, -0.2) is 0 Å². The number of thiophene rings is 1. The summed E-state index contributed by atoms with van der Waals surface area (Å²) in [4.78, 5) is 18.5. The Kier molecular flexibility index (Phi) is 4.27. The van der Waals surface area contributed by atoms with Crippen molar-refractivity contribution in [2.24, 2.45) is 5.92 Å². The van der Waals surface area contributed by atoms with Crippen molar-refractivity contribution in [3.63, 3.8) is 0 Å². The average Bonchev–Trinajstić information content (AvgIpc) is 3.36. The van der Waals surface area contributed by atoms with E-state index in [1.54, 1.807) is 10.8 Å². The molecule has 1 amide bonds. The quantitative estimate of drug-likeness (QED) is 0.696. The Balaban J connectivity index is 1.17. The van der Waals surface area contributed by atoms with Crippen molar-refractivity contribution < 1.29 is 4.79 Å². The van der Waals surface area contributed by atoms with Crippen LogP contribution in [0, 0.1) is 5.92 Å². The van der Waals surface area contributed by atoms with E-state index in [4.69, 9.17) is 0 Å². The summed E-state index contributed by atoms with van der Waals surface area (Å²) in [7, 11) is 0. The summed E-state index contributed by atoms with van der Waals surface area (Å²) in [5.74, 6) is 1.73. The predicted octanol–water partition coefficient (Wildman–Crippen LogP) is 2.38. The third kappa shape index (κ3) is 3.29. The number of hydrogen-bond donors (Lipinski definition) is 0. The van der Waals surface area contributed by atoms with Crippen LogP contribution in [0.2, 0.25) is 0 Å². The topological polar surface area (TPSA) is 66.6 Å². The van der Waals surface area contributed by atoms with Crippen LogP contribution in [-0.2, 0) is 17.8 Å². The number of nitrogens with zero attached hydrogens (tertiary/aromatic N) is 6. The number of hydrogen-bond acceptors (Lipinski definition) is 6. The van der Waals surface area contributed by atoms with Gasteiger partial charge in [-0.15, -0.1) is 26.6 Å². The highest BCUT2D eigenvalue weighted by atomic mass is 32.1. The monoisotopic (exact) mass is 382 g/mol. The van der Waals surface area contributed by atoms with Crippen molar-refractivity contribution >= 4 is 28.7 Å². The normalized spacial score (nSPS) is 18.1. The molecule has 5 heterocycles. The fourth-order valence-corrected chi connectivity index (χ4v) is 4.98. The Hall–Kier alpha value is -2.48. The van der Waals surface area contributed by atoms with Gasteiger partial charge >= 0.3 is 0 Å². The van der Waals surface area contributed by atoms with Crippen LogP contribution >= 0.6 is 11.3 Å². The first-order valence-corrected chi connectivity index (χ1v) is 10.4. The molecule has 0 atom stereocenters. The van der Waals surface area contributed by atoms with Crippen LogP contribution < -0.4 is 4.90 Å². The van der Waals surface area contributed by atoms with E-state index in [2.05, 4.69) is 31.6 Å². The van der Waals surface area contributed by atoms with Crippen LogP contribution in [0.25, 0.3) is 5.65 Å². The van der Waals surface area contributed by atoms with Gasteiger partial charge in [-0.05, 0) is 54.3 Å². The second-order valence-electron chi connectivity index (χ2n) is 7.39. The highest BCUT2D eigenvalue weighted by molar-refractivity contribution is 7.10. The van der Waals surface area contributed by atoms with Crippen LogP contribution in [0.4, 0.5) is 5.82 Å². The zero-order valence-electron chi connectivity index (χ0n) is 15.1. The third-order valence-electron chi connectivity index (χ3n) is 5.71. The van der Waals surface area contributed by atoms with E-state index >= 15 is 0 Å². The third-order valence-corrected chi connectivity index (χ3v) is 6.73. The van der Waals surface area contributed by atoms with E-state index in [0.717, 1.165) is 56.9 Å². The van der Waals surface area contributed by atoms with Gasteiger partial charge in [0.25, 0.3) is 0 Å². The molecule has 5 rings (SSSR count). The Morgan fingerprint density at radius 2 is 2.07 bits per heavy atom. The van der Waals surface area contributed by atoms with Crippen LogP contribution in [0.15, 0.2) is 29.9 Å². The Morgan fingerprint density at radius 1 is 1.19 bits per heavy atom. The van der Waals surface area contributed by atoms with E-state index in [0.29, 0.717) is 18.2 Å². The maximum Gasteiger partial charge on any atom is 0.223 e. The zero-order valence-corrected chi connectivity index (χ0v) is 15.9. The molecule has 8 heteroatoms. The lowest BCUT2D eigenvalue weighted by Crippen LogP contribution is -2.39. The molecule has 1 saturated heterocycles. The lowest BCUT2D eigenvalue weighted by atomic mass is 9.92. The fourth-order valence-electron chi connectivity index (χ4n) is 4.09. The second-order valence-corrected chi connectivity index (χ2v) is 8.39. The molecule has 27 heavy (non-hydrogen) atoms. The first-order valence-electron chi connectivity index (χ1n) is 9.51. The molecule has 2 aliphatic rings. The van der Waals surface area contributed by atoms with Crippen molar-refractivity contribution in [1.29, 1.82) is 0 Å². The lowest BCUT2D eigenvalue weighted by molar-refractivity contribution is -0.133. The lowest BCUT2D eigenvalue weighted by Gasteiger charge is -2.34. The van der Waals surface area contributed by atoms with Gasteiger partial charge in [0.05, 0.1) is 0 Å². The molecule has 0 radical (unpaired) electrons. The minimum absolute atomic E-state index is 0.314. The molecule has 1 fully saturated rings. The minimum atomic E-state index is 0.314. The largest absolute Gasteiger partial charge is 0.355 e. The van der Waals surface area contributed by atoms with E-state index < -0.39 is 0 Å². The minimum Gasteiger partial charge on any atom is -0.355 e. The van der Waals surface area contributed by atoms with Crippen LogP contribution in [0.3, 0.4) is 0 Å². The summed E-state index contributed by atoms with van der Waals surface area (Å²) >= 11 is 1.82. The summed E-state index contributed by atoms with van der Waals surface area (Å²) in [6.07, 6.45) is 5.37.